The van der Waals surface area contributed by atoms with Crippen LogP contribution in [0.4, 0.5) is 18.9 Å². The number of pyridine rings is 2. The summed E-state index contributed by atoms with van der Waals surface area (Å²) < 4.78 is 42.2. The molecule has 1 N–H and O–H groups in total. The zero-order valence-electron chi connectivity index (χ0n) is 12.0. The fraction of sp³-hybridized carbons (Fsp3) is 0.0625. The van der Waals surface area contributed by atoms with Crippen molar-refractivity contribution in [3.63, 3.8) is 0 Å². The maximum Gasteiger partial charge on any atom is 0.417 e. The molecule has 0 radical (unpaired) electrons. The lowest BCUT2D eigenvalue weighted by Crippen LogP contribution is -2.06. The quantitative estimate of drug-likeness (QED) is 0.700. The summed E-state index contributed by atoms with van der Waals surface area (Å²) in [6.45, 7) is 0. The van der Waals surface area contributed by atoms with Gasteiger partial charge in [0.1, 0.15) is 11.8 Å². The maximum absolute atomic E-state index is 13.1. The molecule has 0 unspecified atom stereocenters. The number of halogens is 3. The number of benzene rings is 1. The van der Waals surface area contributed by atoms with Crippen LogP contribution in [0.2, 0.25) is 0 Å². The third kappa shape index (κ3) is 3.26. The van der Waals surface area contributed by atoms with Crippen molar-refractivity contribution in [3.8, 4) is 6.07 Å². The molecule has 0 aliphatic rings. The summed E-state index contributed by atoms with van der Waals surface area (Å²) in [5.41, 5.74) is 0.275. The number of alkyl halides is 3. The van der Waals surface area contributed by atoms with E-state index in [1.54, 1.807) is 12.1 Å². The second kappa shape index (κ2) is 6.37. The van der Waals surface area contributed by atoms with E-state index in [4.69, 9.17) is 5.26 Å². The van der Waals surface area contributed by atoms with Crippen LogP contribution in [0.25, 0.3) is 10.9 Å². The first kappa shape index (κ1) is 16.1. The maximum atomic E-state index is 13.1. The highest BCUT2D eigenvalue weighted by Crippen LogP contribution is 2.37. The van der Waals surface area contributed by atoms with Gasteiger partial charge in [-0.1, -0.05) is 6.07 Å². The first-order chi connectivity index (χ1) is 11.5. The van der Waals surface area contributed by atoms with Gasteiger partial charge in [0, 0.05) is 22.7 Å². The minimum absolute atomic E-state index is 0.0357. The van der Waals surface area contributed by atoms with E-state index < -0.39 is 11.7 Å². The van der Waals surface area contributed by atoms with Crippen LogP contribution in [0.5, 0.6) is 0 Å². The molecular formula is C16H9F3N4S. The lowest BCUT2D eigenvalue weighted by Gasteiger charge is -2.13. The second-order valence-electron chi connectivity index (χ2n) is 4.75. The van der Waals surface area contributed by atoms with Crippen LogP contribution in [-0.2, 0) is 6.18 Å². The van der Waals surface area contributed by atoms with Crippen molar-refractivity contribution in [1.82, 2.24) is 9.97 Å². The monoisotopic (exact) mass is 346 g/mol. The Morgan fingerprint density at radius 1 is 1.08 bits per heavy atom. The van der Waals surface area contributed by atoms with Crippen LogP contribution in [0.3, 0.4) is 0 Å². The molecule has 2 aromatic heterocycles. The number of nitrogens with one attached hydrogen (secondary N) is 1. The fourth-order valence-electron chi connectivity index (χ4n) is 2.12. The van der Waals surface area contributed by atoms with Crippen molar-refractivity contribution in [2.45, 2.75) is 11.1 Å². The lowest BCUT2D eigenvalue weighted by atomic mass is 10.1. The number of anilines is 1. The highest BCUT2D eigenvalue weighted by atomic mass is 32.2. The molecule has 8 heteroatoms. The summed E-state index contributed by atoms with van der Waals surface area (Å²) in [4.78, 5) is 8.71. The van der Waals surface area contributed by atoms with Crippen LogP contribution in [0.15, 0.2) is 53.7 Å². The van der Waals surface area contributed by atoms with Gasteiger partial charge in [0.2, 0.25) is 0 Å². The van der Waals surface area contributed by atoms with Gasteiger partial charge in [0.05, 0.1) is 16.8 Å². The molecule has 3 aromatic rings. The molecule has 1 aromatic carbocycles. The van der Waals surface area contributed by atoms with Gasteiger partial charge in [-0.25, -0.2) is 4.98 Å². The Morgan fingerprint density at radius 2 is 1.92 bits per heavy atom. The van der Waals surface area contributed by atoms with Gasteiger partial charge in [-0.3, -0.25) is 4.98 Å². The number of rotatable bonds is 3. The van der Waals surface area contributed by atoms with Gasteiger partial charge in [-0.2, -0.15) is 18.4 Å². The molecule has 3 rings (SSSR count). The molecule has 0 saturated heterocycles. The van der Waals surface area contributed by atoms with E-state index >= 15 is 0 Å². The van der Waals surface area contributed by atoms with Crippen molar-refractivity contribution in [2.24, 2.45) is 0 Å². The molecule has 2 heterocycles. The van der Waals surface area contributed by atoms with E-state index in [0.717, 1.165) is 11.0 Å². The highest BCUT2D eigenvalue weighted by Gasteiger charge is 2.33. The Bertz CT molecular complexity index is 917. The molecule has 0 saturated carbocycles. The van der Waals surface area contributed by atoms with Gasteiger partial charge >= 0.3 is 6.18 Å². The summed E-state index contributed by atoms with van der Waals surface area (Å²) >= 11 is 1.18. The molecule has 0 atom stereocenters. The number of hydrogen-bond donors (Lipinski definition) is 1. The van der Waals surface area contributed by atoms with E-state index in [2.05, 4.69) is 14.7 Å². The molecule has 120 valence electrons. The second-order valence-corrected chi connectivity index (χ2v) is 5.63. The lowest BCUT2D eigenvalue weighted by molar-refractivity contribution is -0.136. The summed E-state index contributed by atoms with van der Waals surface area (Å²) in [5, 5.41) is 8.75. The van der Waals surface area contributed by atoms with Crippen LogP contribution < -0.4 is 4.72 Å². The SMILES string of the molecule is N#Cc1ccc(SNc2ccc(C(F)(F)F)c3cccnc23)cn1. The predicted octanol–water partition coefficient (Wildman–Crippen LogP) is 4.64. The van der Waals surface area contributed by atoms with Crippen LogP contribution >= 0.6 is 11.9 Å². The Morgan fingerprint density at radius 3 is 2.58 bits per heavy atom. The zero-order chi connectivity index (χ0) is 17.2. The standard InChI is InChI=1S/C16H9F3N4S/c17-16(18,19)13-5-6-14(15-12(13)2-1-7-21-15)23-24-11-4-3-10(8-20)22-9-11/h1-7,9,23H. The average Bonchev–Trinajstić information content (AvgIpc) is 2.59. The molecule has 4 nitrogen and oxygen atoms in total. The largest absolute Gasteiger partial charge is 0.417 e. The van der Waals surface area contributed by atoms with Crippen molar-refractivity contribution < 1.29 is 13.2 Å². The summed E-state index contributed by atoms with van der Waals surface area (Å²) in [6.07, 6.45) is -1.48. The molecule has 0 spiro atoms. The van der Waals surface area contributed by atoms with Crippen molar-refractivity contribution in [2.75, 3.05) is 4.72 Å². The minimum atomic E-state index is -4.44. The fourth-order valence-corrected chi connectivity index (χ4v) is 2.76. The van der Waals surface area contributed by atoms with Crippen molar-refractivity contribution in [3.05, 3.63) is 60.0 Å². The van der Waals surface area contributed by atoms with Gasteiger partial charge in [-0.05, 0) is 42.3 Å². The van der Waals surface area contributed by atoms with E-state index in [9.17, 15) is 13.2 Å². The first-order valence-corrected chi connectivity index (χ1v) is 7.54. The van der Waals surface area contributed by atoms with E-state index in [-0.39, 0.29) is 10.9 Å². The topological polar surface area (TPSA) is 61.6 Å². The molecule has 24 heavy (non-hydrogen) atoms. The first-order valence-electron chi connectivity index (χ1n) is 6.73. The van der Waals surface area contributed by atoms with Gasteiger partial charge in [0.15, 0.2) is 0 Å². The highest BCUT2D eigenvalue weighted by molar-refractivity contribution is 8.00. The molecule has 0 aliphatic heterocycles. The van der Waals surface area contributed by atoms with E-state index in [1.165, 1.54) is 42.5 Å². The Kier molecular flexibility index (Phi) is 4.27. The third-order valence-electron chi connectivity index (χ3n) is 3.20. The van der Waals surface area contributed by atoms with E-state index in [1.807, 2.05) is 6.07 Å². The van der Waals surface area contributed by atoms with Gasteiger partial charge in [-0.15, -0.1) is 0 Å². The zero-order valence-corrected chi connectivity index (χ0v) is 12.8. The van der Waals surface area contributed by atoms with Crippen molar-refractivity contribution in [1.29, 1.82) is 5.26 Å². The number of aromatic nitrogens is 2. The normalized spacial score (nSPS) is 11.2. The Labute approximate surface area is 139 Å². The molecule has 0 fully saturated rings. The molecule has 0 bridgehead atoms. The number of fused-ring (bicyclic) bond motifs is 1. The van der Waals surface area contributed by atoms with E-state index in [0.29, 0.717) is 11.4 Å². The van der Waals surface area contributed by atoms with Crippen LogP contribution in [-0.4, -0.2) is 9.97 Å². The van der Waals surface area contributed by atoms with Crippen LogP contribution in [0.1, 0.15) is 11.3 Å². The van der Waals surface area contributed by atoms with Crippen LogP contribution in [0, 0.1) is 11.3 Å². The summed E-state index contributed by atoms with van der Waals surface area (Å²) in [7, 11) is 0. The minimum Gasteiger partial charge on any atom is -0.324 e. The van der Waals surface area contributed by atoms with Crippen molar-refractivity contribution >= 4 is 28.5 Å². The molecule has 0 aliphatic carbocycles. The average molecular weight is 346 g/mol. The molecular weight excluding hydrogens is 337 g/mol. The number of hydrogen-bond acceptors (Lipinski definition) is 5. The third-order valence-corrected chi connectivity index (χ3v) is 4.00. The molecule has 0 amide bonds. The van der Waals surface area contributed by atoms with Gasteiger partial charge in [0.25, 0.3) is 0 Å². The summed E-state index contributed by atoms with van der Waals surface area (Å²) in [6, 6.07) is 10.4. The summed E-state index contributed by atoms with van der Waals surface area (Å²) in [5.74, 6) is 0. The Balaban J connectivity index is 1.91. The smallest absolute Gasteiger partial charge is 0.324 e. The Hall–Kier alpha value is -2.79. The number of nitrogens with zero attached hydrogens (tertiary/aromatic N) is 3. The number of nitriles is 1. The van der Waals surface area contributed by atoms with Gasteiger partial charge < -0.3 is 4.72 Å². The predicted molar refractivity (Wildman–Crippen MR) is 85.2 cm³/mol.